The molecule has 0 spiro atoms. The van der Waals surface area contributed by atoms with Crippen molar-refractivity contribution in [3.05, 3.63) is 64.1 Å². The van der Waals surface area contributed by atoms with E-state index in [1.807, 2.05) is 25.1 Å². The molecule has 164 valence electrons. The Kier molecular flexibility index (Phi) is 6.76. The van der Waals surface area contributed by atoms with Crippen LogP contribution in [0.3, 0.4) is 0 Å². The zero-order chi connectivity index (χ0) is 22.5. The molecule has 2 amide bonds. The summed E-state index contributed by atoms with van der Waals surface area (Å²) in [5.74, 6) is -0.781. The number of oxazole rings is 1. The van der Waals surface area contributed by atoms with Gasteiger partial charge < -0.3 is 19.7 Å². The van der Waals surface area contributed by atoms with E-state index in [0.717, 1.165) is 12.1 Å². The second-order valence-electron chi connectivity index (χ2n) is 7.39. The number of nitrogens with zero attached hydrogens (tertiary/aromatic N) is 3. The maximum Gasteiger partial charge on any atom is 0.420 e. The third-order valence-corrected chi connectivity index (χ3v) is 4.89. The van der Waals surface area contributed by atoms with E-state index < -0.39 is 11.8 Å². The van der Waals surface area contributed by atoms with Crippen LogP contribution in [-0.2, 0) is 6.54 Å². The molecular formula is C22H26N4O5. The third-order valence-electron chi connectivity index (χ3n) is 4.89. The monoisotopic (exact) mass is 426 g/mol. The minimum absolute atomic E-state index is 0.214. The Morgan fingerprint density at radius 3 is 2.61 bits per heavy atom. The van der Waals surface area contributed by atoms with Gasteiger partial charge in [-0.15, -0.1) is 0 Å². The van der Waals surface area contributed by atoms with Crippen LogP contribution in [0.4, 0.5) is 10.5 Å². The summed E-state index contributed by atoms with van der Waals surface area (Å²) in [5, 5.41) is 12.2. The standard InChI is InChI=1S/C22H26N4O5/c1-4-25(21(28)29)17-7-5-6-15(12-17)14-26-18-9-8-16(13-19(18)31-22(26)30)20(27)23-10-11-24(2)3/h5-9,12-13H,4,10-11,14H2,1-3H3,(H,23,27)(H,28,29). The van der Waals surface area contributed by atoms with Crippen molar-refractivity contribution in [2.45, 2.75) is 13.5 Å². The molecule has 0 radical (unpaired) electrons. The Bertz CT molecular complexity index is 1150. The molecule has 0 atom stereocenters. The number of carboxylic acid groups (broad SMARTS) is 1. The van der Waals surface area contributed by atoms with Gasteiger partial charge >= 0.3 is 11.8 Å². The van der Waals surface area contributed by atoms with Gasteiger partial charge in [0.05, 0.1) is 12.1 Å². The molecule has 0 aliphatic heterocycles. The summed E-state index contributed by atoms with van der Waals surface area (Å²) < 4.78 is 6.81. The number of carbonyl (C=O) groups is 2. The minimum atomic E-state index is -1.04. The van der Waals surface area contributed by atoms with Crippen molar-refractivity contribution < 1.29 is 19.1 Å². The Labute approximate surface area is 179 Å². The fourth-order valence-electron chi connectivity index (χ4n) is 3.29. The van der Waals surface area contributed by atoms with Crippen LogP contribution in [0, 0.1) is 0 Å². The number of hydrogen-bond acceptors (Lipinski definition) is 5. The molecule has 3 rings (SSSR count). The summed E-state index contributed by atoms with van der Waals surface area (Å²) >= 11 is 0. The van der Waals surface area contributed by atoms with Gasteiger partial charge in [0.2, 0.25) is 0 Å². The molecule has 2 N–H and O–H groups in total. The topological polar surface area (TPSA) is 108 Å². The van der Waals surface area contributed by atoms with Crippen molar-refractivity contribution in [2.75, 3.05) is 38.6 Å². The molecule has 0 aliphatic carbocycles. The molecule has 2 aromatic carbocycles. The van der Waals surface area contributed by atoms with E-state index in [4.69, 9.17) is 4.42 Å². The lowest BCUT2D eigenvalue weighted by molar-refractivity contribution is 0.0951. The number of rotatable bonds is 8. The summed E-state index contributed by atoms with van der Waals surface area (Å²) in [5.41, 5.74) is 2.58. The maximum atomic E-state index is 12.4. The molecule has 1 heterocycles. The molecule has 3 aromatic rings. The third kappa shape index (κ3) is 5.13. The van der Waals surface area contributed by atoms with Gasteiger partial charge in [-0.05, 0) is 56.9 Å². The quantitative estimate of drug-likeness (QED) is 0.573. The first-order valence-electron chi connectivity index (χ1n) is 9.96. The largest absolute Gasteiger partial charge is 0.465 e. The summed E-state index contributed by atoms with van der Waals surface area (Å²) in [6.45, 7) is 3.51. The van der Waals surface area contributed by atoms with Gasteiger partial charge in [0.25, 0.3) is 5.91 Å². The van der Waals surface area contributed by atoms with Crippen molar-refractivity contribution in [2.24, 2.45) is 0 Å². The Balaban J connectivity index is 1.84. The van der Waals surface area contributed by atoms with Crippen molar-refractivity contribution in [3.8, 4) is 0 Å². The van der Waals surface area contributed by atoms with Crippen LogP contribution in [0.15, 0.2) is 51.7 Å². The Morgan fingerprint density at radius 1 is 1.16 bits per heavy atom. The van der Waals surface area contributed by atoms with Crippen LogP contribution >= 0.6 is 0 Å². The van der Waals surface area contributed by atoms with Gasteiger partial charge in [-0.3, -0.25) is 14.3 Å². The van der Waals surface area contributed by atoms with E-state index in [2.05, 4.69) is 5.32 Å². The predicted octanol–water partition coefficient (Wildman–Crippen LogP) is 2.44. The summed E-state index contributed by atoms with van der Waals surface area (Å²) in [4.78, 5) is 39.4. The number of likely N-dealkylation sites (N-methyl/N-ethyl adjacent to an activating group) is 1. The van der Waals surface area contributed by atoms with Crippen molar-refractivity contribution in [1.29, 1.82) is 0 Å². The van der Waals surface area contributed by atoms with Gasteiger partial charge in [-0.1, -0.05) is 12.1 Å². The summed E-state index contributed by atoms with van der Waals surface area (Å²) in [7, 11) is 3.85. The number of fused-ring (bicyclic) bond motifs is 1. The number of hydrogen-bond donors (Lipinski definition) is 2. The van der Waals surface area contributed by atoms with Crippen molar-refractivity contribution in [3.63, 3.8) is 0 Å². The smallest absolute Gasteiger partial charge is 0.420 e. The fraction of sp³-hybridized carbons (Fsp3) is 0.318. The lowest BCUT2D eigenvalue weighted by atomic mass is 10.1. The Morgan fingerprint density at radius 2 is 1.94 bits per heavy atom. The van der Waals surface area contributed by atoms with E-state index in [1.165, 1.54) is 9.47 Å². The first kappa shape index (κ1) is 22.1. The predicted molar refractivity (Wildman–Crippen MR) is 118 cm³/mol. The van der Waals surface area contributed by atoms with E-state index in [-0.39, 0.29) is 12.5 Å². The number of nitrogens with one attached hydrogen (secondary N) is 1. The molecule has 0 unspecified atom stereocenters. The van der Waals surface area contributed by atoms with Crippen molar-refractivity contribution >= 4 is 28.8 Å². The molecule has 31 heavy (non-hydrogen) atoms. The number of amides is 2. The summed E-state index contributed by atoms with van der Waals surface area (Å²) in [6.07, 6.45) is -1.04. The fourth-order valence-corrected chi connectivity index (χ4v) is 3.29. The van der Waals surface area contributed by atoms with E-state index in [0.29, 0.717) is 35.4 Å². The zero-order valence-electron chi connectivity index (χ0n) is 17.8. The second kappa shape index (κ2) is 9.48. The SMILES string of the molecule is CCN(C(=O)O)c1cccc(Cn2c(=O)oc3cc(C(=O)NCCN(C)C)ccc32)c1. The molecule has 0 saturated heterocycles. The van der Waals surface area contributed by atoms with Crippen LogP contribution in [0.25, 0.3) is 11.1 Å². The Hall–Kier alpha value is -3.59. The molecule has 9 heteroatoms. The van der Waals surface area contributed by atoms with Gasteiger partial charge in [-0.2, -0.15) is 0 Å². The molecule has 0 saturated carbocycles. The van der Waals surface area contributed by atoms with Crippen LogP contribution in [0.2, 0.25) is 0 Å². The van der Waals surface area contributed by atoms with Crippen LogP contribution < -0.4 is 16.0 Å². The van der Waals surface area contributed by atoms with Crippen LogP contribution in [0.1, 0.15) is 22.8 Å². The van der Waals surface area contributed by atoms with Crippen molar-refractivity contribution in [1.82, 2.24) is 14.8 Å². The highest BCUT2D eigenvalue weighted by molar-refractivity contribution is 5.97. The first-order chi connectivity index (χ1) is 14.8. The lowest BCUT2D eigenvalue weighted by Gasteiger charge is -2.17. The van der Waals surface area contributed by atoms with Gasteiger partial charge in [0.1, 0.15) is 0 Å². The van der Waals surface area contributed by atoms with Gasteiger partial charge in [-0.25, -0.2) is 9.59 Å². The van der Waals surface area contributed by atoms with E-state index in [1.54, 1.807) is 43.3 Å². The highest BCUT2D eigenvalue weighted by Gasteiger charge is 2.15. The highest BCUT2D eigenvalue weighted by Crippen LogP contribution is 2.20. The summed E-state index contributed by atoms with van der Waals surface area (Å²) in [6, 6.07) is 11.9. The van der Waals surface area contributed by atoms with Gasteiger partial charge in [0.15, 0.2) is 5.58 Å². The molecule has 0 fully saturated rings. The van der Waals surface area contributed by atoms with Crippen LogP contribution in [0.5, 0.6) is 0 Å². The minimum Gasteiger partial charge on any atom is -0.465 e. The molecule has 9 nitrogen and oxygen atoms in total. The lowest BCUT2D eigenvalue weighted by Crippen LogP contribution is -2.31. The molecule has 0 aliphatic rings. The van der Waals surface area contributed by atoms with Crippen LogP contribution in [-0.4, -0.2) is 60.3 Å². The maximum absolute atomic E-state index is 12.4. The number of carbonyl (C=O) groups excluding carboxylic acids is 1. The number of aromatic nitrogens is 1. The molecule has 1 aromatic heterocycles. The average Bonchev–Trinajstić information content (AvgIpc) is 3.02. The highest BCUT2D eigenvalue weighted by atomic mass is 16.4. The number of anilines is 1. The number of benzene rings is 2. The van der Waals surface area contributed by atoms with E-state index >= 15 is 0 Å². The first-order valence-corrected chi connectivity index (χ1v) is 9.96. The average molecular weight is 426 g/mol. The van der Waals surface area contributed by atoms with Gasteiger partial charge in [0, 0.05) is 30.9 Å². The zero-order valence-corrected chi connectivity index (χ0v) is 17.8. The molecular weight excluding hydrogens is 400 g/mol. The van der Waals surface area contributed by atoms with E-state index in [9.17, 15) is 19.5 Å². The second-order valence-corrected chi connectivity index (χ2v) is 7.39. The molecule has 0 bridgehead atoms. The normalized spacial score (nSPS) is 11.1.